The van der Waals surface area contributed by atoms with Crippen LogP contribution in [0.3, 0.4) is 0 Å². The van der Waals surface area contributed by atoms with E-state index in [9.17, 15) is 9.59 Å². The molecule has 2 N–H and O–H groups in total. The Kier molecular flexibility index (Phi) is 6.59. The fraction of sp³-hybridized carbons (Fsp3) is 0.400. The largest absolute Gasteiger partial charge is 0.484 e. The standard InChI is InChI=1S/C20H23N3O4.ClH/c24-19(23-15-6-7-16(23)12-21-9-8-15)13-27-17-4-1-3-14(11-17)22-20(25)18-5-2-10-26-18;/h1-5,10-11,15-16,21H,6-9,12-13H2,(H,22,25);1H. The van der Waals surface area contributed by atoms with Gasteiger partial charge in [-0.2, -0.15) is 0 Å². The molecule has 2 aliphatic heterocycles. The van der Waals surface area contributed by atoms with Crippen LogP contribution in [0.4, 0.5) is 5.69 Å². The molecule has 2 amide bonds. The van der Waals surface area contributed by atoms with Gasteiger partial charge in [0, 0.05) is 30.4 Å². The Morgan fingerprint density at radius 3 is 2.86 bits per heavy atom. The van der Waals surface area contributed by atoms with Crippen molar-refractivity contribution in [1.82, 2.24) is 10.2 Å². The number of benzene rings is 1. The van der Waals surface area contributed by atoms with Gasteiger partial charge in [0.25, 0.3) is 11.8 Å². The molecule has 4 rings (SSSR count). The average Bonchev–Trinajstić information content (AvgIpc) is 3.27. The van der Waals surface area contributed by atoms with E-state index in [0.717, 1.165) is 32.4 Å². The average molecular weight is 406 g/mol. The molecule has 2 aromatic rings. The zero-order chi connectivity index (χ0) is 18.6. The molecule has 3 heterocycles. The Morgan fingerprint density at radius 1 is 1.18 bits per heavy atom. The molecule has 0 spiro atoms. The third-order valence-corrected chi connectivity index (χ3v) is 5.14. The maximum absolute atomic E-state index is 12.7. The van der Waals surface area contributed by atoms with Gasteiger partial charge in [0.05, 0.1) is 6.26 Å². The van der Waals surface area contributed by atoms with Crippen LogP contribution in [0.2, 0.25) is 0 Å². The highest BCUT2D eigenvalue weighted by Crippen LogP contribution is 2.28. The summed E-state index contributed by atoms with van der Waals surface area (Å²) in [6, 6.07) is 10.9. The number of furan rings is 1. The van der Waals surface area contributed by atoms with Gasteiger partial charge in [-0.1, -0.05) is 6.07 Å². The number of hydrogen-bond acceptors (Lipinski definition) is 5. The lowest BCUT2D eigenvalue weighted by atomic mass is 10.1. The van der Waals surface area contributed by atoms with Crippen LogP contribution in [0.5, 0.6) is 5.75 Å². The number of nitrogens with zero attached hydrogens (tertiary/aromatic N) is 1. The summed E-state index contributed by atoms with van der Waals surface area (Å²) in [4.78, 5) is 26.8. The van der Waals surface area contributed by atoms with E-state index in [1.54, 1.807) is 36.4 Å². The van der Waals surface area contributed by atoms with E-state index < -0.39 is 0 Å². The molecule has 2 aliphatic rings. The second-order valence-corrected chi connectivity index (χ2v) is 6.93. The zero-order valence-corrected chi connectivity index (χ0v) is 16.2. The van der Waals surface area contributed by atoms with Crippen molar-refractivity contribution in [2.24, 2.45) is 0 Å². The first-order valence-electron chi connectivity index (χ1n) is 9.30. The highest BCUT2D eigenvalue weighted by molar-refractivity contribution is 6.02. The molecule has 7 nitrogen and oxygen atoms in total. The van der Waals surface area contributed by atoms with Crippen LogP contribution in [0.25, 0.3) is 0 Å². The molecule has 1 aromatic carbocycles. The molecule has 2 atom stereocenters. The summed E-state index contributed by atoms with van der Waals surface area (Å²) in [5, 5.41) is 6.14. The van der Waals surface area contributed by atoms with E-state index in [1.165, 1.54) is 6.26 Å². The van der Waals surface area contributed by atoms with Crippen molar-refractivity contribution in [3.05, 3.63) is 48.4 Å². The van der Waals surface area contributed by atoms with Gasteiger partial charge in [-0.15, -0.1) is 12.4 Å². The molecule has 0 saturated carbocycles. The van der Waals surface area contributed by atoms with Crippen LogP contribution in [0.1, 0.15) is 29.8 Å². The fourth-order valence-electron chi connectivity index (χ4n) is 3.87. The molecule has 2 unspecified atom stereocenters. The SMILES string of the molecule is Cl.O=C(Nc1cccc(OCC(=O)N2C3CCNCC2CC3)c1)c1ccco1. The molecular weight excluding hydrogens is 382 g/mol. The normalized spacial score (nSPS) is 20.8. The number of carbonyl (C=O) groups is 2. The van der Waals surface area contributed by atoms with Crippen LogP contribution in [-0.2, 0) is 4.79 Å². The Balaban J connectivity index is 0.00000225. The minimum absolute atomic E-state index is 0. The second-order valence-electron chi connectivity index (χ2n) is 6.93. The minimum Gasteiger partial charge on any atom is -0.484 e. The van der Waals surface area contributed by atoms with E-state index in [1.807, 2.05) is 4.90 Å². The molecule has 0 radical (unpaired) electrons. The van der Waals surface area contributed by atoms with Crippen molar-refractivity contribution in [2.45, 2.75) is 31.3 Å². The number of carbonyl (C=O) groups excluding carboxylic acids is 2. The molecule has 0 aliphatic carbocycles. The molecule has 8 heteroatoms. The predicted molar refractivity (Wildman–Crippen MR) is 107 cm³/mol. The summed E-state index contributed by atoms with van der Waals surface area (Å²) >= 11 is 0. The van der Waals surface area contributed by atoms with Crippen LogP contribution in [0, 0.1) is 0 Å². The first-order valence-corrected chi connectivity index (χ1v) is 9.30. The maximum Gasteiger partial charge on any atom is 0.291 e. The van der Waals surface area contributed by atoms with Gasteiger partial charge in [0.2, 0.25) is 0 Å². The van der Waals surface area contributed by atoms with Crippen LogP contribution < -0.4 is 15.4 Å². The van der Waals surface area contributed by atoms with Gasteiger partial charge < -0.3 is 24.7 Å². The first kappa shape index (κ1) is 20.2. The van der Waals surface area contributed by atoms with E-state index in [2.05, 4.69) is 10.6 Å². The maximum atomic E-state index is 12.7. The summed E-state index contributed by atoms with van der Waals surface area (Å²) in [6.07, 6.45) is 4.58. The number of amides is 2. The van der Waals surface area contributed by atoms with Gasteiger partial charge in [0.15, 0.2) is 12.4 Å². The van der Waals surface area contributed by atoms with Crippen molar-refractivity contribution in [2.75, 3.05) is 25.0 Å². The van der Waals surface area contributed by atoms with Crippen molar-refractivity contribution in [3.63, 3.8) is 0 Å². The quantitative estimate of drug-likeness (QED) is 0.799. The lowest BCUT2D eigenvalue weighted by Gasteiger charge is -2.27. The van der Waals surface area contributed by atoms with Crippen LogP contribution in [0.15, 0.2) is 47.1 Å². The summed E-state index contributed by atoms with van der Waals surface area (Å²) in [6.45, 7) is 1.82. The van der Waals surface area contributed by atoms with E-state index in [-0.39, 0.29) is 42.6 Å². The highest BCUT2D eigenvalue weighted by atomic mass is 35.5. The van der Waals surface area contributed by atoms with Crippen molar-refractivity contribution < 1.29 is 18.7 Å². The number of halogens is 1. The smallest absolute Gasteiger partial charge is 0.291 e. The number of ether oxygens (including phenoxy) is 1. The number of anilines is 1. The molecular formula is C20H24ClN3O4. The Bertz CT molecular complexity index is 798. The molecule has 2 saturated heterocycles. The monoisotopic (exact) mass is 405 g/mol. The lowest BCUT2D eigenvalue weighted by molar-refractivity contribution is -0.136. The highest BCUT2D eigenvalue weighted by Gasteiger charge is 2.37. The summed E-state index contributed by atoms with van der Waals surface area (Å²) in [7, 11) is 0. The van der Waals surface area contributed by atoms with Crippen molar-refractivity contribution >= 4 is 29.9 Å². The topological polar surface area (TPSA) is 83.8 Å². The Morgan fingerprint density at radius 2 is 2.04 bits per heavy atom. The van der Waals surface area contributed by atoms with Crippen molar-refractivity contribution in [3.8, 4) is 5.75 Å². The third-order valence-electron chi connectivity index (χ3n) is 5.14. The first-order chi connectivity index (χ1) is 13.2. The van der Waals surface area contributed by atoms with Crippen molar-refractivity contribution in [1.29, 1.82) is 0 Å². The van der Waals surface area contributed by atoms with E-state index in [0.29, 0.717) is 17.5 Å². The minimum atomic E-state index is -0.332. The second kappa shape index (κ2) is 9.12. The Hall–Kier alpha value is -2.51. The zero-order valence-electron chi connectivity index (χ0n) is 15.4. The number of fused-ring (bicyclic) bond motifs is 2. The molecule has 2 fully saturated rings. The number of nitrogens with one attached hydrogen (secondary N) is 2. The number of hydrogen-bond donors (Lipinski definition) is 2. The van der Waals surface area contributed by atoms with Gasteiger partial charge >= 0.3 is 0 Å². The summed E-state index contributed by atoms with van der Waals surface area (Å²) in [5.41, 5.74) is 0.584. The molecule has 28 heavy (non-hydrogen) atoms. The summed E-state index contributed by atoms with van der Waals surface area (Å²) in [5.74, 6) is 0.473. The molecule has 150 valence electrons. The Labute approximate surface area is 169 Å². The lowest BCUT2D eigenvalue weighted by Crippen LogP contribution is -2.44. The van der Waals surface area contributed by atoms with E-state index >= 15 is 0 Å². The van der Waals surface area contributed by atoms with E-state index in [4.69, 9.17) is 9.15 Å². The fourth-order valence-corrected chi connectivity index (χ4v) is 3.87. The molecule has 1 aromatic heterocycles. The number of rotatable bonds is 5. The van der Waals surface area contributed by atoms with Crippen LogP contribution >= 0.6 is 12.4 Å². The summed E-state index contributed by atoms with van der Waals surface area (Å²) < 4.78 is 10.8. The van der Waals surface area contributed by atoms with Gasteiger partial charge in [0.1, 0.15) is 5.75 Å². The van der Waals surface area contributed by atoms with Crippen LogP contribution in [-0.4, -0.2) is 48.5 Å². The molecule has 2 bridgehead atoms. The third kappa shape index (κ3) is 4.48. The van der Waals surface area contributed by atoms with Gasteiger partial charge in [-0.3, -0.25) is 9.59 Å². The predicted octanol–water partition coefficient (Wildman–Crippen LogP) is 2.69. The van der Waals surface area contributed by atoms with Gasteiger partial charge in [-0.25, -0.2) is 0 Å². The van der Waals surface area contributed by atoms with Gasteiger partial charge in [-0.05, 0) is 50.1 Å².